The first kappa shape index (κ1) is 18.3. The predicted molar refractivity (Wildman–Crippen MR) is 101 cm³/mol. The van der Waals surface area contributed by atoms with E-state index in [1.165, 1.54) is 0 Å². The SMILES string of the molecule is CCCN(Cc1ccc(C#N)cc1)C(=O)c1ccc(-c2nc(C)no2)cc1. The molecule has 0 aliphatic rings. The third kappa shape index (κ3) is 4.39. The smallest absolute Gasteiger partial charge is 0.257 e. The van der Waals surface area contributed by atoms with Crippen LogP contribution in [0.5, 0.6) is 0 Å². The van der Waals surface area contributed by atoms with Gasteiger partial charge in [-0.25, -0.2) is 0 Å². The monoisotopic (exact) mass is 360 g/mol. The number of rotatable bonds is 6. The Bertz CT molecular complexity index is 953. The summed E-state index contributed by atoms with van der Waals surface area (Å²) in [6, 6.07) is 16.6. The van der Waals surface area contributed by atoms with Crippen molar-refractivity contribution in [3.8, 4) is 17.5 Å². The Morgan fingerprint density at radius 3 is 2.41 bits per heavy atom. The van der Waals surface area contributed by atoms with Gasteiger partial charge in [0, 0.05) is 24.2 Å². The molecular formula is C21H20N4O2. The molecule has 6 heteroatoms. The van der Waals surface area contributed by atoms with Crippen LogP contribution in [0, 0.1) is 18.3 Å². The van der Waals surface area contributed by atoms with Crippen molar-refractivity contribution in [2.45, 2.75) is 26.8 Å². The number of hydrogen-bond donors (Lipinski definition) is 0. The standard InChI is InChI=1S/C21H20N4O2/c1-3-12-25(14-17-6-4-16(13-22)5-7-17)21(26)19-10-8-18(9-11-19)20-23-15(2)24-27-20/h4-11H,3,12,14H2,1-2H3. The molecule has 0 aliphatic heterocycles. The van der Waals surface area contributed by atoms with Gasteiger partial charge in [-0.1, -0.05) is 24.2 Å². The fraction of sp³-hybridized carbons (Fsp3) is 0.238. The number of hydrogen-bond acceptors (Lipinski definition) is 5. The van der Waals surface area contributed by atoms with Gasteiger partial charge >= 0.3 is 0 Å². The first-order chi connectivity index (χ1) is 13.1. The Morgan fingerprint density at radius 2 is 1.85 bits per heavy atom. The highest BCUT2D eigenvalue weighted by Gasteiger charge is 2.16. The van der Waals surface area contributed by atoms with Gasteiger partial charge in [-0.2, -0.15) is 10.2 Å². The number of carbonyl (C=O) groups excluding carboxylic acids is 1. The van der Waals surface area contributed by atoms with Crippen molar-refractivity contribution in [1.29, 1.82) is 5.26 Å². The van der Waals surface area contributed by atoms with E-state index in [9.17, 15) is 4.79 Å². The van der Waals surface area contributed by atoms with E-state index in [4.69, 9.17) is 9.78 Å². The number of aryl methyl sites for hydroxylation is 1. The molecule has 0 atom stereocenters. The molecule has 27 heavy (non-hydrogen) atoms. The second-order valence-electron chi connectivity index (χ2n) is 6.26. The molecule has 3 rings (SSSR count). The average Bonchev–Trinajstić information content (AvgIpc) is 3.14. The molecule has 2 aromatic carbocycles. The number of carbonyl (C=O) groups is 1. The molecule has 0 saturated heterocycles. The molecule has 6 nitrogen and oxygen atoms in total. The highest BCUT2D eigenvalue weighted by Crippen LogP contribution is 2.19. The summed E-state index contributed by atoms with van der Waals surface area (Å²) in [7, 11) is 0. The zero-order valence-corrected chi connectivity index (χ0v) is 15.3. The zero-order valence-electron chi connectivity index (χ0n) is 15.3. The number of benzene rings is 2. The molecule has 1 aromatic heterocycles. The predicted octanol–water partition coefficient (Wildman–Crippen LogP) is 3.97. The van der Waals surface area contributed by atoms with E-state index in [0.29, 0.717) is 35.9 Å². The zero-order chi connectivity index (χ0) is 19.2. The fourth-order valence-corrected chi connectivity index (χ4v) is 2.78. The van der Waals surface area contributed by atoms with Crippen molar-refractivity contribution in [1.82, 2.24) is 15.0 Å². The summed E-state index contributed by atoms with van der Waals surface area (Å²) in [5.41, 5.74) is 2.99. The van der Waals surface area contributed by atoms with E-state index < -0.39 is 0 Å². The van der Waals surface area contributed by atoms with Gasteiger partial charge in [0.05, 0.1) is 11.6 Å². The van der Waals surface area contributed by atoms with Crippen LogP contribution in [-0.2, 0) is 6.54 Å². The topological polar surface area (TPSA) is 83.0 Å². The van der Waals surface area contributed by atoms with Gasteiger partial charge in [0.2, 0.25) is 0 Å². The molecule has 3 aromatic rings. The molecular weight excluding hydrogens is 340 g/mol. The lowest BCUT2D eigenvalue weighted by Gasteiger charge is -2.22. The summed E-state index contributed by atoms with van der Waals surface area (Å²) in [5, 5.41) is 12.7. The Hall–Kier alpha value is -3.46. The summed E-state index contributed by atoms with van der Waals surface area (Å²) in [6.45, 7) is 4.96. The normalized spacial score (nSPS) is 10.4. The molecule has 0 N–H and O–H groups in total. The molecule has 0 aliphatic carbocycles. The molecule has 0 fully saturated rings. The minimum atomic E-state index is -0.0329. The Kier molecular flexibility index (Phi) is 5.62. The number of amides is 1. The maximum Gasteiger partial charge on any atom is 0.257 e. The van der Waals surface area contributed by atoms with E-state index in [0.717, 1.165) is 17.5 Å². The van der Waals surface area contributed by atoms with Crippen molar-refractivity contribution in [3.05, 3.63) is 71.0 Å². The van der Waals surface area contributed by atoms with Crippen molar-refractivity contribution in [2.24, 2.45) is 0 Å². The number of aromatic nitrogens is 2. The van der Waals surface area contributed by atoms with Gasteiger partial charge in [0.15, 0.2) is 5.82 Å². The quantitative estimate of drug-likeness (QED) is 0.664. The Balaban J connectivity index is 1.76. The third-order valence-corrected chi connectivity index (χ3v) is 4.14. The highest BCUT2D eigenvalue weighted by molar-refractivity contribution is 5.94. The van der Waals surface area contributed by atoms with Crippen LogP contribution in [0.2, 0.25) is 0 Å². The first-order valence-corrected chi connectivity index (χ1v) is 8.79. The van der Waals surface area contributed by atoms with Crippen molar-refractivity contribution < 1.29 is 9.32 Å². The van der Waals surface area contributed by atoms with Gasteiger partial charge in [0.25, 0.3) is 11.8 Å². The van der Waals surface area contributed by atoms with E-state index in [1.54, 1.807) is 31.2 Å². The minimum absolute atomic E-state index is 0.0329. The first-order valence-electron chi connectivity index (χ1n) is 8.79. The summed E-state index contributed by atoms with van der Waals surface area (Å²) >= 11 is 0. The molecule has 0 bridgehead atoms. The van der Waals surface area contributed by atoms with Gasteiger partial charge < -0.3 is 9.42 Å². The van der Waals surface area contributed by atoms with Gasteiger partial charge in [-0.3, -0.25) is 4.79 Å². The van der Waals surface area contributed by atoms with Crippen LogP contribution < -0.4 is 0 Å². The molecule has 1 amide bonds. The van der Waals surface area contributed by atoms with Crippen molar-refractivity contribution >= 4 is 5.91 Å². The Labute approximate surface area is 158 Å². The van der Waals surface area contributed by atoms with Crippen LogP contribution in [0.3, 0.4) is 0 Å². The summed E-state index contributed by atoms with van der Waals surface area (Å²) in [6.07, 6.45) is 0.862. The lowest BCUT2D eigenvalue weighted by atomic mass is 10.1. The second kappa shape index (κ2) is 8.28. The minimum Gasteiger partial charge on any atom is -0.334 e. The van der Waals surface area contributed by atoms with E-state index in [2.05, 4.69) is 16.2 Å². The van der Waals surface area contributed by atoms with Crippen molar-refractivity contribution in [2.75, 3.05) is 6.54 Å². The van der Waals surface area contributed by atoms with Gasteiger partial charge in [-0.15, -0.1) is 0 Å². The molecule has 0 spiro atoms. The van der Waals surface area contributed by atoms with Crippen LogP contribution in [0.4, 0.5) is 0 Å². The average molecular weight is 360 g/mol. The lowest BCUT2D eigenvalue weighted by Crippen LogP contribution is -2.31. The molecule has 0 unspecified atom stereocenters. The van der Waals surface area contributed by atoms with Crippen LogP contribution in [0.15, 0.2) is 53.1 Å². The largest absolute Gasteiger partial charge is 0.334 e. The molecule has 136 valence electrons. The summed E-state index contributed by atoms with van der Waals surface area (Å²) in [4.78, 5) is 18.9. The summed E-state index contributed by atoms with van der Waals surface area (Å²) in [5.74, 6) is 0.977. The van der Waals surface area contributed by atoms with Gasteiger partial charge in [-0.05, 0) is 55.3 Å². The molecule has 0 radical (unpaired) electrons. The fourth-order valence-electron chi connectivity index (χ4n) is 2.78. The third-order valence-electron chi connectivity index (χ3n) is 4.14. The van der Waals surface area contributed by atoms with Gasteiger partial charge in [0.1, 0.15) is 0 Å². The lowest BCUT2D eigenvalue weighted by molar-refractivity contribution is 0.0743. The van der Waals surface area contributed by atoms with Crippen LogP contribution in [0.1, 0.15) is 40.7 Å². The Morgan fingerprint density at radius 1 is 1.15 bits per heavy atom. The van der Waals surface area contributed by atoms with Crippen LogP contribution in [-0.4, -0.2) is 27.5 Å². The maximum absolute atomic E-state index is 12.9. The van der Waals surface area contributed by atoms with E-state index in [1.807, 2.05) is 36.1 Å². The number of nitrogens with zero attached hydrogens (tertiary/aromatic N) is 4. The van der Waals surface area contributed by atoms with Crippen molar-refractivity contribution in [3.63, 3.8) is 0 Å². The highest BCUT2D eigenvalue weighted by atomic mass is 16.5. The second-order valence-corrected chi connectivity index (χ2v) is 6.26. The number of nitriles is 1. The molecule has 1 heterocycles. The maximum atomic E-state index is 12.9. The van der Waals surface area contributed by atoms with Crippen LogP contribution >= 0.6 is 0 Å². The summed E-state index contributed by atoms with van der Waals surface area (Å²) < 4.78 is 5.16. The van der Waals surface area contributed by atoms with Crippen LogP contribution in [0.25, 0.3) is 11.5 Å². The van der Waals surface area contributed by atoms with E-state index >= 15 is 0 Å². The molecule has 0 saturated carbocycles. The van der Waals surface area contributed by atoms with E-state index in [-0.39, 0.29) is 5.91 Å².